The lowest BCUT2D eigenvalue weighted by Gasteiger charge is -2.41. The van der Waals surface area contributed by atoms with Gasteiger partial charge in [0.25, 0.3) is 8.53 Å². The Balaban J connectivity index is 1.49. The summed E-state index contributed by atoms with van der Waals surface area (Å²) in [6.07, 6.45) is -0.605. The van der Waals surface area contributed by atoms with Gasteiger partial charge in [0.05, 0.1) is 46.5 Å². The minimum absolute atomic E-state index is 0.0293. The number of methoxy groups -OCH3 is 2. The minimum Gasteiger partial charge on any atom is -0.497 e. The molecule has 0 amide bonds. The summed E-state index contributed by atoms with van der Waals surface area (Å²) in [6, 6.07) is 27.8. The molecule has 55 heavy (non-hydrogen) atoms. The molecule has 0 aliphatic carbocycles. The van der Waals surface area contributed by atoms with E-state index in [2.05, 4.69) is 43.4 Å². The Hall–Kier alpha value is -4.38. The van der Waals surface area contributed by atoms with E-state index >= 15 is 0 Å². The third-order valence-electron chi connectivity index (χ3n) is 9.99. The smallest absolute Gasteiger partial charge is 0.351 e. The van der Waals surface area contributed by atoms with E-state index in [-0.39, 0.29) is 44.1 Å². The number of hydrogen-bond acceptors (Lipinski definition) is 12. The third-order valence-corrected chi connectivity index (χ3v) is 12.1. The van der Waals surface area contributed by atoms with Crippen molar-refractivity contribution in [2.45, 2.75) is 82.8 Å². The summed E-state index contributed by atoms with van der Waals surface area (Å²) in [5.74, 6) is 1.54. The fraction of sp³-hybridized carbons (Fsp3) is 0.439. The molecule has 2 aliphatic heterocycles. The molecule has 292 valence electrons. The van der Waals surface area contributed by atoms with E-state index in [1.165, 1.54) is 4.57 Å². The molecule has 2 N–H and O–H groups in total. The SMILES string of the molecule is COc1ccc(C(OC[C@@]23CO[C@@H](C(n4cc(C)c(N)nc4=O)O2)[C@@H]3OP(OCCC#N)N(C(C)C)C(C)C)(c2ccccc2)c2ccc(OC)cc2)cc1. The van der Waals surface area contributed by atoms with Crippen LogP contribution in [0.25, 0.3) is 0 Å². The van der Waals surface area contributed by atoms with Crippen LogP contribution in [-0.2, 0) is 28.9 Å². The van der Waals surface area contributed by atoms with Crippen LogP contribution in [0.2, 0.25) is 0 Å². The number of rotatable bonds is 17. The van der Waals surface area contributed by atoms with E-state index in [9.17, 15) is 10.1 Å². The van der Waals surface area contributed by atoms with Gasteiger partial charge in [-0.3, -0.25) is 4.57 Å². The zero-order valence-corrected chi connectivity index (χ0v) is 33.3. The van der Waals surface area contributed by atoms with Crippen molar-refractivity contribution in [2.75, 3.05) is 39.8 Å². The molecule has 2 unspecified atom stereocenters. The first-order chi connectivity index (χ1) is 26.5. The molecule has 6 rings (SSSR count). The Morgan fingerprint density at radius 1 is 0.982 bits per heavy atom. The highest BCUT2D eigenvalue weighted by atomic mass is 31.2. The fourth-order valence-electron chi connectivity index (χ4n) is 7.33. The summed E-state index contributed by atoms with van der Waals surface area (Å²) in [7, 11) is 1.52. The second-order valence-electron chi connectivity index (χ2n) is 14.2. The minimum atomic E-state index is -1.74. The number of aromatic nitrogens is 2. The molecular formula is C41H50N5O8P. The second-order valence-corrected chi connectivity index (χ2v) is 15.6. The van der Waals surface area contributed by atoms with Crippen LogP contribution >= 0.6 is 8.53 Å². The van der Waals surface area contributed by atoms with Crippen LogP contribution < -0.4 is 20.9 Å². The predicted molar refractivity (Wildman–Crippen MR) is 209 cm³/mol. The first kappa shape index (κ1) is 40.3. The number of benzene rings is 3. The molecule has 0 saturated carbocycles. The summed E-state index contributed by atoms with van der Waals surface area (Å²) in [6.45, 7) is 10.3. The van der Waals surface area contributed by atoms with Crippen LogP contribution in [0, 0.1) is 18.3 Å². The lowest BCUT2D eigenvalue weighted by Crippen LogP contribution is -2.49. The number of ether oxygens (including phenoxy) is 5. The molecule has 0 radical (unpaired) electrons. The summed E-state index contributed by atoms with van der Waals surface area (Å²) < 4.78 is 49.0. The van der Waals surface area contributed by atoms with Crippen molar-refractivity contribution >= 4 is 14.3 Å². The van der Waals surface area contributed by atoms with Crippen LogP contribution in [0.15, 0.2) is 89.9 Å². The van der Waals surface area contributed by atoms with E-state index in [1.807, 2.05) is 78.9 Å². The highest BCUT2D eigenvalue weighted by molar-refractivity contribution is 7.44. The molecule has 14 heteroatoms. The standard InChI is InChI=1S/C41H50N5O8P/c1-27(2)46(28(3)4)55(52-23-11-22-42)54-36-35-38(45-24-29(5)37(43)44-39(45)47)53-40(36,25-50-35)26-51-41(30-12-9-8-10-13-30,31-14-18-33(48-6)19-15-31)32-16-20-34(49-7)21-17-32/h8-10,12-21,24,27-28,35-36,38H,11,23,25-26H2,1-7H3,(H2,43,44,47)/t35-,36+,38?,40-,55?/m1/s1. The molecule has 2 bridgehead atoms. The zero-order chi connectivity index (χ0) is 39.3. The molecule has 13 nitrogen and oxygen atoms in total. The monoisotopic (exact) mass is 771 g/mol. The highest BCUT2D eigenvalue weighted by Gasteiger charge is 2.65. The third kappa shape index (κ3) is 8.00. The Kier molecular flexibility index (Phi) is 12.6. The number of anilines is 1. The topological polar surface area (TPSA) is 153 Å². The number of nitrogens with zero attached hydrogens (tertiary/aromatic N) is 4. The highest BCUT2D eigenvalue weighted by Crippen LogP contribution is 2.56. The molecule has 0 spiro atoms. The molecule has 4 aromatic rings. The maximum Gasteiger partial charge on any atom is 0.351 e. The Labute approximate surface area is 323 Å². The van der Waals surface area contributed by atoms with E-state index in [4.69, 9.17) is 38.5 Å². The molecular weight excluding hydrogens is 721 g/mol. The Morgan fingerprint density at radius 3 is 2.11 bits per heavy atom. The van der Waals surface area contributed by atoms with Gasteiger partial charge in [-0.05, 0) is 75.6 Å². The van der Waals surface area contributed by atoms with Crippen LogP contribution in [0.1, 0.15) is 62.6 Å². The summed E-state index contributed by atoms with van der Waals surface area (Å²) >= 11 is 0. The van der Waals surface area contributed by atoms with Crippen LogP contribution in [-0.4, -0.2) is 78.2 Å². The van der Waals surface area contributed by atoms with Crippen molar-refractivity contribution in [3.05, 3.63) is 118 Å². The number of nitrogens with two attached hydrogens (primary N) is 1. The normalized spacial score (nSPS) is 21.3. The molecule has 2 saturated heterocycles. The Bertz CT molecular complexity index is 1930. The molecule has 3 heterocycles. The molecule has 2 fully saturated rings. The van der Waals surface area contributed by atoms with Crippen molar-refractivity contribution in [1.29, 1.82) is 5.26 Å². The summed E-state index contributed by atoms with van der Waals surface area (Å²) in [4.78, 5) is 17.5. The van der Waals surface area contributed by atoms with Crippen LogP contribution in [0.4, 0.5) is 5.82 Å². The van der Waals surface area contributed by atoms with Gasteiger partial charge in [0, 0.05) is 23.8 Å². The first-order valence-electron chi connectivity index (χ1n) is 18.4. The van der Waals surface area contributed by atoms with E-state index in [0.717, 1.165) is 16.7 Å². The van der Waals surface area contributed by atoms with Gasteiger partial charge >= 0.3 is 5.69 Å². The predicted octanol–water partition coefficient (Wildman–Crippen LogP) is 6.49. The summed E-state index contributed by atoms with van der Waals surface area (Å²) in [5.41, 5.74) is 6.20. The number of hydrogen-bond donors (Lipinski definition) is 1. The van der Waals surface area contributed by atoms with Gasteiger partial charge < -0.3 is 38.5 Å². The number of nitrogen functional groups attached to an aromatic ring is 1. The molecule has 5 atom stereocenters. The van der Waals surface area contributed by atoms with Crippen LogP contribution in [0.3, 0.4) is 0 Å². The van der Waals surface area contributed by atoms with Gasteiger partial charge in [-0.1, -0.05) is 54.6 Å². The Morgan fingerprint density at radius 2 is 1.56 bits per heavy atom. The maximum atomic E-state index is 13.4. The molecule has 2 aliphatic rings. The van der Waals surface area contributed by atoms with Crippen molar-refractivity contribution in [3.63, 3.8) is 0 Å². The van der Waals surface area contributed by atoms with Gasteiger partial charge in [0.15, 0.2) is 6.23 Å². The van der Waals surface area contributed by atoms with E-state index in [0.29, 0.717) is 17.1 Å². The fourth-order valence-corrected chi connectivity index (χ4v) is 9.14. The van der Waals surface area contributed by atoms with E-state index in [1.54, 1.807) is 27.3 Å². The quantitative estimate of drug-likeness (QED) is 0.0710. The van der Waals surface area contributed by atoms with Crippen molar-refractivity contribution in [2.24, 2.45) is 0 Å². The second kappa shape index (κ2) is 17.2. The molecule has 1 aromatic heterocycles. The zero-order valence-electron chi connectivity index (χ0n) is 32.4. The van der Waals surface area contributed by atoms with Gasteiger partial charge in [-0.2, -0.15) is 10.2 Å². The lowest BCUT2D eigenvalue weighted by atomic mass is 9.79. The van der Waals surface area contributed by atoms with Crippen LogP contribution in [0.5, 0.6) is 11.5 Å². The van der Waals surface area contributed by atoms with E-state index < -0.39 is 43.9 Å². The average Bonchev–Trinajstić information content (AvgIpc) is 3.68. The van der Waals surface area contributed by atoms with Gasteiger partial charge in [0.1, 0.15) is 40.7 Å². The number of fused-ring (bicyclic) bond motifs is 2. The van der Waals surface area contributed by atoms with Gasteiger partial charge in [-0.15, -0.1) is 0 Å². The largest absolute Gasteiger partial charge is 0.497 e. The lowest BCUT2D eigenvalue weighted by molar-refractivity contribution is -0.203. The first-order valence-corrected chi connectivity index (χ1v) is 19.5. The van der Waals surface area contributed by atoms with Crippen molar-refractivity contribution in [1.82, 2.24) is 14.2 Å². The number of aryl methyl sites for hydroxylation is 1. The summed E-state index contributed by atoms with van der Waals surface area (Å²) in [5, 5.41) is 9.38. The average molecular weight is 772 g/mol. The maximum absolute atomic E-state index is 13.4. The van der Waals surface area contributed by atoms with Gasteiger partial charge in [-0.25, -0.2) is 9.46 Å². The molecule has 3 aromatic carbocycles. The van der Waals surface area contributed by atoms with Crippen molar-refractivity contribution < 1.29 is 32.7 Å². The number of nitriles is 1. The van der Waals surface area contributed by atoms with Gasteiger partial charge in [0.2, 0.25) is 0 Å². The van der Waals surface area contributed by atoms with Crippen molar-refractivity contribution in [3.8, 4) is 17.6 Å².